The van der Waals surface area contributed by atoms with Crippen LogP contribution >= 0.6 is 11.6 Å². The lowest BCUT2D eigenvalue weighted by Gasteiger charge is -2.33. The van der Waals surface area contributed by atoms with E-state index in [9.17, 15) is 9.59 Å². The summed E-state index contributed by atoms with van der Waals surface area (Å²) in [5, 5.41) is 3.86. The Balaban J connectivity index is 2.71. The number of ether oxygens (including phenoxy) is 3. The lowest BCUT2D eigenvalue weighted by Crippen LogP contribution is -2.39. The quantitative estimate of drug-likeness (QED) is 0.179. The van der Waals surface area contributed by atoms with Gasteiger partial charge < -0.3 is 18.7 Å². The third-order valence-corrected chi connectivity index (χ3v) is 9.86. The van der Waals surface area contributed by atoms with Crippen molar-refractivity contribution in [3.05, 3.63) is 0 Å². The summed E-state index contributed by atoms with van der Waals surface area (Å²) in [7, 11) is -2.03. The Hall–Kier alpha value is -1.12. The third-order valence-electron chi connectivity index (χ3n) is 5.17. The zero-order valence-corrected chi connectivity index (χ0v) is 19.8. The second kappa shape index (κ2) is 10.6. The highest BCUT2D eigenvalue weighted by Crippen LogP contribution is 2.37. The smallest absolute Gasteiger partial charge is 0.320 e. The van der Waals surface area contributed by atoms with E-state index < -0.39 is 31.6 Å². The molecule has 1 aliphatic rings. The molecule has 0 aromatic heterocycles. The van der Waals surface area contributed by atoms with Crippen molar-refractivity contribution in [3.8, 4) is 0 Å². The fourth-order valence-corrected chi connectivity index (χ4v) is 3.26. The van der Waals surface area contributed by atoms with Crippen molar-refractivity contribution in [3.63, 3.8) is 0 Å². The van der Waals surface area contributed by atoms with E-state index in [0.29, 0.717) is 12.1 Å². The second-order valence-corrected chi connectivity index (χ2v) is 13.5. The van der Waals surface area contributed by atoms with Gasteiger partial charge in [-0.05, 0) is 44.8 Å². The molecule has 28 heavy (non-hydrogen) atoms. The maximum Gasteiger partial charge on any atom is 0.320 e. The number of esters is 2. The minimum Gasteiger partial charge on any atom is -0.465 e. The van der Waals surface area contributed by atoms with Gasteiger partial charge in [-0.25, -0.2) is 0 Å². The molecule has 0 amide bonds. The Morgan fingerprint density at radius 1 is 1.21 bits per heavy atom. The van der Waals surface area contributed by atoms with Crippen molar-refractivity contribution in [2.45, 2.75) is 77.1 Å². The van der Waals surface area contributed by atoms with E-state index in [0.717, 1.165) is 0 Å². The number of carbonyl (C=O) groups excluding carboxylic acids is 2. The topological polar surface area (TPSA) is 83.4 Å². The summed E-state index contributed by atoms with van der Waals surface area (Å²) >= 11 is 6.50. The number of nitrogens with zero attached hydrogens (tertiary/aromatic N) is 1. The zero-order valence-electron chi connectivity index (χ0n) is 18.0. The van der Waals surface area contributed by atoms with E-state index in [1.807, 2.05) is 0 Å². The minimum absolute atomic E-state index is 0.0320. The molecule has 1 saturated heterocycles. The molecule has 1 rings (SSSR count). The van der Waals surface area contributed by atoms with Crippen molar-refractivity contribution in [1.82, 2.24) is 0 Å². The first kappa shape index (κ1) is 24.9. The van der Waals surface area contributed by atoms with Gasteiger partial charge in [-0.15, -0.1) is 16.8 Å². The number of rotatable bonds is 9. The van der Waals surface area contributed by atoms with Crippen LogP contribution < -0.4 is 0 Å². The highest BCUT2D eigenvalue weighted by molar-refractivity contribution is 6.74. The molecular weight excluding hydrogens is 402 g/mol. The van der Waals surface area contributed by atoms with Gasteiger partial charge >= 0.3 is 11.9 Å². The van der Waals surface area contributed by atoms with Gasteiger partial charge in [0.15, 0.2) is 5.92 Å². The predicted octanol–water partition coefficient (Wildman–Crippen LogP) is 3.89. The molecule has 0 radical (unpaired) electrons. The van der Waals surface area contributed by atoms with E-state index in [1.165, 1.54) is 0 Å². The standard InChI is InChI=1S/C19H34ClNO6Si/c1-8-24-17(22)13(18(23)25-9-2)10-11-15-16(20)14(12-26-15)21-27-28(6,7)19(3,4)5/h13,15-16H,8-12H2,1-7H3/b21-14+. The van der Waals surface area contributed by atoms with Gasteiger partial charge in [0.1, 0.15) is 11.1 Å². The number of hydrogen-bond donors (Lipinski definition) is 0. The molecule has 0 aromatic rings. The van der Waals surface area contributed by atoms with Gasteiger partial charge in [-0.2, -0.15) is 0 Å². The van der Waals surface area contributed by atoms with Gasteiger partial charge in [0.2, 0.25) is 0 Å². The number of oxime groups is 1. The van der Waals surface area contributed by atoms with E-state index in [4.69, 9.17) is 30.3 Å². The first-order chi connectivity index (χ1) is 12.9. The van der Waals surface area contributed by atoms with E-state index >= 15 is 0 Å². The third kappa shape index (κ3) is 6.74. The lowest BCUT2D eigenvalue weighted by atomic mass is 9.99. The molecule has 0 bridgehead atoms. The summed E-state index contributed by atoms with van der Waals surface area (Å²) in [5.41, 5.74) is 0.639. The lowest BCUT2D eigenvalue weighted by molar-refractivity contribution is -0.162. The molecule has 0 aromatic carbocycles. The maximum absolute atomic E-state index is 12.1. The first-order valence-electron chi connectivity index (χ1n) is 9.78. The number of halogens is 1. The molecule has 7 nitrogen and oxygen atoms in total. The normalized spacial score (nSPS) is 21.8. The summed E-state index contributed by atoms with van der Waals surface area (Å²) in [6.45, 7) is 14.7. The molecule has 0 spiro atoms. The van der Waals surface area contributed by atoms with Crippen LogP contribution in [0, 0.1) is 5.92 Å². The van der Waals surface area contributed by atoms with Crippen molar-refractivity contribution >= 4 is 37.6 Å². The summed E-state index contributed by atoms with van der Waals surface area (Å²) < 4.78 is 21.6. The van der Waals surface area contributed by atoms with Gasteiger partial charge in [0, 0.05) is 0 Å². The Bertz CT molecular complexity index is 557. The summed E-state index contributed by atoms with van der Waals surface area (Å²) in [4.78, 5) is 24.2. The van der Waals surface area contributed by atoms with Crippen molar-refractivity contribution in [1.29, 1.82) is 0 Å². The summed E-state index contributed by atoms with van der Waals surface area (Å²) in [6, 6.07) is 0. The van der Waals surface area contributed by atoms with E-state index in [1.54, 1.807) is 13.8 Å². The van der Waals surface area contributed by atoms with Crippen LogP contribution in [0.3, 0.4) is 0 Å². The molecule has 0 N–H and O–H groups in total. The highest BCUT2D eigenvalue weighted by atomic mass is 35.5. The molecule has 0 aliphatic carbocycles. The molecular formula is C19H34ClNO6Si. The molecule has 162 valence electrons. The fraction of sp³-hybridized carbons (Fsp3) is 0.842. The van der Waals surface area contributed by atoms with Crippen LogP contribution in [0.4, 0.5) is 0 Å². The summed E-state index contributed by atoms with van der Waals surface area (Å²) in [6.07, 6.45) is 0.298. The fourth-order valence-electron chi connectivity index (χ4n) is 2.34. The van der Waals surface area contributed by atoms with Crippen LogP contribution in [0.15, 0.2) is 5.16 Å². The maximum atomic E-state index is 12.1. The number of alkyl halides is 1. The van der Waals surface area contributed by atoms with Gasteiger partial charge in [0.05, 0.1) is 25.9 Å². The molecule has 2 atom stereocenters. The average Bonchev–Trinajstić information content (AvgIpc) is 2.93. The van der Waals surface area contributed by atoms with Crippen molar-refractivity contribution in [2.24, 2.45) is 11.1 Å². The minimum atomic E-state index is -2.03. The SMILES string of the molecule is CCOC(=O)C(CCC1OC/C(=N\O[Si](C)(C)C(C)(C)C)C1Cl)C(=O)OCC. The predicted molar refractivity (Wildman–Crippen MR) is 111 cm³/mol. The average molecular weight is 436 g/mol. The van der Waals surface area contributed by atoms with Crippen molar-refractivity contribution in [2.75, 3.05) is 19.8 Å². The van der Waals surface area contributed by atoms with E-state index in [2.05, 4.69) is 39.0 Å². The molecule has 1 fully saturated rings. The van der Waals surface area contributed by atoms with E-state index in [-0.39, 0.29) is 37.4 Å². The number of carbonyl (C=O) groups is 2. The van der Waals surface area contributed by atoms with Gasteiger partial charge in [0.25, 0.3) is 8.32 Å². The molecule has 1 heterocycles. The Kier molecular flexibility index (Phi) is 9.43. The Morgan fingerprint density at radius 3 is 2.21 bits per heavy atom. The molecule has 2 unspecified atom stereocenters. The molecule has 0 saturated carbocycles. The zero-order chi connectivity index (χ0) is 21.5. The highest BCUT2D eigenvalue weighted by Gasteiger charge is 2.41. The second-order valence-electron chi connectivity index (χ2n) is 8.32. The number of hydrogen-bond acceptors (Lipinski definition) is 7. The summed E-state index contributed by atoms with van der Waals surface area (Å²) in [5.74, 6) is -2.14. The molecule has 9 heteroatoms. The van der Waals surface area contributed by atoms with Crippen LogP contribution in [-0.4, -0.2) is 57.3 Å². The Labute approximate surface area is 174 Å². The van der Waals surface area contributed by atoms with Crippen LogP contribution in [0.25, 0.3) is 0 Å². The Morgan fingerprint density at radius 2 is 1.75 bits per heavy atom. The monoisotopic (exact) mass is 435 g/mol. The van der Waals surface area contributed by atoms with Crippen LogP contribution in [0.1, 0.15) is 47.5 Å². The van der Waals surface area contributed by atoms with Crippen LogP contribution in [0.2, 0.25) is 18.1 Å². The largest absolute Gasteiger partial charge is 0.465 e. The van der Waals surface area contributed by atoms with Crippen LogP contribution in [0.5, 0.6) is 0 Å². The first-order valence-corrected chi connectivity index (χ1v) is 13.1. The van der Waals surface area contributed by atoms with Gasteiger partial charge in [-0.1, -0.05) is 20.8 Å². The van der Waals surface area contributed by atoms with Gasteiger partial charge in [-0.3, -0.25) is 9.59 Å². The van der Waals surface area contributed by atoms with Crippen molar-refractivity contribution < 1.29 is 28.3 Å². The molecule has 1 aliphatic heterocycles. The van der Waals surface area contributed by atoms with Crippen LogP contribution in [-0.2, 0) is 28.3 Å².